The first-order valence-corrected chi connectivity index (χ1v) is 11.7. The van der Waals surface area contributed by atoms with Gasteiger partial charge in [-0.1, -0.05) is 66.7 Å². The molecule has 0 saturated heterocycles. The van der Waals surface area contributed by atoms with Gasteiger partial charge in [0.25, 0.3) is 0 Å². The number of amides is 1. The quantitative estimate of drug-likeness (QED) is 0.283. The highest BCUT2D eigenvalue weighted by molar-refractivity contribution is 7.10. The first-order chi connectivity index (χ1) is 16.6. The molecule has 0 spiro atoms. The molecule has 4 aromatic rings. The third kappa shape index (κ3) is 6.21. The highest BCUT2D eigenvalue weighted by atomic mass is 32.1. The minimum Gasteiger partial charge on any atom is -0.478 e. The Morgan fingerprint density at radius 2 is 1.50 bits per heavy atom. The van der Waals surface area contributed by atoms with Crippen LogP contribution in [0.15, 0.2) is 102 Å². The van der Waals surface area contributed by atoms with Gasteiger partial charge in [0.2, 0.25) is 5.91 Å². The van der Waals surface area contributed by atoms with E-state index in [1.165, 1.54) is 23.5 Å². The molecule has 3 aromatic carbocycles. The number of carboxylic acid groups (broad SMARTS) is 1. The van der Waals surface area contributed by atoms with Gasteiger partial charge >= 0.3 is 5.97 Å². The predicted molar refractivity (Wildman–Crippen MR) is 138 cm³/mol. The number of hydrogen-bond acceptors (Lipinski definition) is 4. The van der Waals surface area contributed by atoms with E-state index >= 15 is 0 Å². The van der Waals surface area contributed by atoms with Gasteiger partial charge in [-0.3, -0.25) is 4.79 Å². The summed E-state index contributed by atoms with van der Waals surface area (Å²) in [6.07, 6.45) is 3.17. The van der Waals surface area contributed by atoms with Gasteiger partial charge in [0, 0.05) is 29.7 Å². The van der Waals surface area contributed by atoms with Crippen molar-refractivity contribution in [2.24, 2.45) is 0 Å². The number of anilines is 2. The van der Waals surface area contributed by atoms with Crippen molar-refractivity contribution in [2.75, 3.05) is 10.2 Å². The number of nitrogens with one attached hydrogen (secondary N) is 1. The molecule has 1 aromatic heterocycles. The maximum absolute atomic E-state index is 12.3. The summed E-state index contributed by atoms with van der Waals surface area (Å²) in [5, 5.41) is 14.7. The van der Waals surface area contributed by atoms with Gasteiger partial charge in [-0.2, -0.15) is 0 Å². The standard InChI is InChI=1S/C28H24N2O3S/c31-27(16-14-24-12-7-17-34-24)29-23-13-15-26(25(18-23)28(32)33)30(19-21-8-3-1-4-9-21)20-22-10-5-2-6-11-22/h1-18H,19-20H2,(H,29,31)(H,32,33)/b16-14+. The van der Waals surface area contributed by atoms with E-state index < -0.39 is 5.97 Å². The molecule has 0 aliphatic rings. The normalized spacial score (nSPS) is 10.8. The second-order valence-electron chi connectivity index (χ2n) is 7.70. The number of carbonyl (C=O) groups is 2. The van der Waals surface area contributed by atoms with E-state index in [1.807, 2.05) is 83.1 Å². The van der Waals surface area contributed by atoms with Crippen LogP contribution in [0.25, 0.3) is 6.08 Å². The molecule has 170 valence electrons. The number of aromatic carboxylic acids is 1. The molecular formula is C28H24N2O3S. The van der Waals surface area contributed by atoms with Crippen molar-refractivity contribution in [3.05, 3.63) is 124 Å². The zero-order valence-corrected chi connectivity index (χ0v) is 19.2. The molecule has 0 aliphatic carbocycles. The Bertz CT molecular complexity index is 1230. The van der Waals surface area contributed by atoms with E-state index in [0.29, 0.717) is 24.5 Å². The molecule has 0 aliphatic heterocycles. The summed E-state index contributed by atoms with van der Waals surface area (Å²) in [6.45, 7) is 1.09. The monoisotopic (exact) mass is 468 g/mol. The van der Waals surface area contributed by atoms with Crippen LogP contribution in [-0.2, 0) is 17.9 Å². The molecule has 34 heavy (non-hydrogen) atoms. The SMILES string of the molecule is O=C(/C=C/c1cccs1)Nc1ccc(N(Cc2ccccc2)Cc2ccccc2)c(C(=O)O)c1. The van der Waals surface area contributed by atoms with Crippen molar-refractivity contribution in [1.82, 2.24) is 0 Å². The summed E-state index contributed by atoms with van der Waals surface area (Å²) in [6, 6.07) is 28.7. The van der Waals surface area contributed by atoms with Crippen molar-refractivity contribution in [1.29, 1.82) is 0 Å². The molecule has 0 bridgehead atoms. The van der Waals surface area contributed by atoms with Crippen LogP contribution < -0.4 is 10.2 Å². The number of nitrogens with zero attached hydrogens (tertiary/aromatic N) is 1. The van der Waals surface area contributed by atoms with Crippen molar-refractivity contribution < 1.29 is 14.7 Å². The van der Waals surface area contributed by atoms with Crippen LogP contribution in [0.1, 0.15) is 26.4 Å². The predicted octanol–water partition coefficient (Wildman–Crippen LogP) is 6.31. The van der Waals surface area contributed by atoms with Gasteiger partial charge in [-0.15, -0.1) is 11.3 Å². The molecule has 0 radical (unpaired) electrons. The molecule has 1 amide bonds. The summed E-state index contributed by atoms with van der Waals surface area (Å²) in [4.78, 5) is 27.5. The van der Waals surface area contributed by atoms with E-state index in [2.05, 4.69) is 5.32 Å². The number of thiophene rings is 1. The van der Waals surface area contributed by atoms with Gasteiger partial charge in [0.05, 0.1) is 11.3 Å². The fraction of sp³-hybridized carbons (Fsp3) is 0.0714. The van der Waals surface area contributed by atoms with Gasteiger partial charge in [-0.25, -0.2) is 4.79 Å². The Morgan fingerprint density at radius 3 is 2.06 bits per heavy atom. The first kappa shape index (κ1) is 23.0. The van der Waals surface area contributed by atoms with E-state index in [4.69, 9.17) is 0 Å². The first-order valence-electron chi connectivity index (χ1n) is 10.8. The Labute approximate surface area is 202 Å². The number of hydrogen-bond donors (Lipinski definition) is 2. The van der Waals surface area contributed by atoms with E-state index in [0.717, 1.165) is 16.0 Å². The Balaban J connectivity index is 1.61. The third-order valence-electron chi connectivity index (χ3n) is 5.21. The number of carboxylic acids is 1. The summed E-state index contributed by atoms with van der Waals surface area (Å²) in [7, 11) is 0. The van der Waals surface area contributed by atoms with Crippen LogP contribution in [0.3, 0.4) is 0 Å². The molecule has 0 unspecified atom stereocenters. The topological polar surface area (TPSA) is 69.6 Å². The highest BCUT2D eigenvalue weighted by Crippen LogP contribution is 2.28. The minimum absolute atomic E-state index is 0.131. The van der Waals surface area contributed by atoms with Crippen LogP contribution >= 0.6 is 11.3 Å². The average Bonchev–Trinajstić information content (AvgIpc) is 3.37. The van der Waals surface area contributed by atoms with Crippen molar-refractivity contribution in [2.45, 2.75) is 13.1 Å². The molecule has 6 heteroatoms. The average molecular weight is 469 g/mol. The molecule has 2 N–H and O–H groups in total. The molecule has 1 heterocycles. The largest absolute Gasteiger partial charge is 0.478 e. The third-order valence-corrected chi connectivity index (χ3v) is 6.05. The van der Waals surface area contributed by atoms with E-state index in [9.17, 15) is 14.7 Å². The second kappa shape index (κ2) is 11.1. The summed E-state index contributed by atoms with van der Waals surface area (Å²) >= 11 is 1.53. The lowest BCUT2D eigenvalue weighted by Gasteiger charge is -2.27. The highest BCUT2D eigenvalue weighted by Gasteiger charge is 2.18. The maximum atomic E-state index is 12.3. The number of rotatable bonds is 9. The van der Waals surface area contributed by atoms with Crippen LogP contribution in [0.5, 0.6) is 0 Å². The summed E-state index contributed by atoms with van der Waals surface area (Å²) in [5.74, 6) is -1.37. The van der Waals surface area contributed by atoms with Crippen LogP contribution in [0, 0.1) is 0 Å². The van der Waals surface area contributed by atoms with E-state index in [1.54, 1.807) is 18.2 Å². The van der Waals surface area contributed by atoms with Crippen molar-refractivity contribution >= 4 is 40.7 Å². The molecule has 0 atom stereocenters. The number of carbonyl (C=O) groups excluding carboxylic acids is 1. The van der Waals surface area contributed by atoms with Gasteiger partial charge < -0.3 is 15.3 Å². The lowest BCUT2D eigenvalue weighted by atomic mass is 10.1. The van der Waals surface area contributed by atoms with Gasteiger partial charge in [0.1, 0.15) is 0 Å². The molecule has 0 fully saturated rings. The van der Waals surface area contributed by atoms with Crippen LogP contribution in [0.2, 0.25) is 0 Å². The smallest absolute Gasteiger partial charge is 0.337 e. The Hall–Kier alpha value is -4.16. The molecule has 0 saturated carbocycles. The molecule has 5 nitrogen and oxygen atoms in total. The fourth-order valence-corrected chi connectivity index (χ4v) is 4.24. The summed E-state index contributed by atoms with van der Waals surface area (Å²) < 4.78 is 0. The Kier molecular flexibility index (Phi) is 7.53. The molecule has 4 rings (SSSR count). The lowest BCUT2D eigenvalue weighted by molar-refractivity contribution is -0.111. The van der Waals surface area contributed by atoms with Crippen LogP contribution in [-0.4, -0.2) is 17.0 Å². The van der Waals surface area contributed by atoms with Crippen molar-refractivity contribution in [3.8, 4) is 0 Å². The summed E-state index contributed by atoms with van der Waals surface area (Å²) in [5.41, 5.74) is 3.30. The zero-order valence-electron chi connectivity index (χ0n) is 18.4. The zero-order chi connectivity index (χ0) is 23.8. The van der Waals surface area contributed by atoms with E-state index in [-0.39, 0.29) is 11.5 Å². The van der Waals surface area contributed by atoms with Crippen LogP contribution in [0.4, 0.5) is 11.4 Å². The minimum atomic E-state index is -1.05. The fourth-order valence-electron chi connectivity index (χ4n) is 3.62. The van der Waals surface area contributed by atoms with Gasteiger partial charge in [-0.05, 0) is 46.8 Å². The number of benzene rings is 3. The molecular weight excluding hydrogens is 444 g/mol. The second-order valence-corrected chi connectivity index (χ2v) is 8.68. The van der Waals surface area contributed by atoms with Crippen molar-refractivity contribution in [3.63, 3.8) is 0 Å². The Morgan fingerprint density at radius 1 is 0.853 bits per heavy atom. The lowest BCUT2D eigenvalue weighted by Crippen LogP contribution is -2.24. The maximum Gasteiger partial charge on any atom is 0.337 e. The van der Waals surface area contributed by atoms with Gasteiger partial charge in [0.15, 0.2) is 0 Å².